The molecule has 0 aliphatic rings. The lowest BCUT2D eigenvalue weighted by atomic mass is 10.5. The minimum absolute atomic E-state index is 0.131. The van der Waals surface area contributed by atoms with Gasteiger partial charge in [-0.15, -0.1) is 0 Å². The van der Waals surface area contributed by atoms with E-state index in [9.17, 15) is 13.2 Å². The maximum atomic E-state index is 11.4. The molecular formula is C7H16N2O4S. The molecule has 0 fully saturated rings. The Balaban J connectivity index is 4.14. The molecule has 7 heteroatoms. The standard InChI is InChI=1S/C7H16N2O4S/c1-9(5-4-8)14(11,12)6-3-7(10)13-2/h3-6,8H2,1-2H3. The van der Waals surface area contributed by atoms with Crippen molar-refractivity contribution in [3.63, 3.8) is 0 Å². The van der Waals surface area contributed by atoms with Gasteiger partial charge in [-0.1, -0.05) is 0 Å². The molecular weight excluding hydrogens is 208 g/mol. The number of rotatable bonds is 6. The van der Waals surface area contributed by atoms with Crippen LogP contribution in [-0.2, 0) is 19.6 Å². The summed E-state index contributed by atoms with van der Waals surface area (Å²) in [5.41, 5.74) is 5.21. The van der Waals surface area contributed by atoms with E-state index in [1.54, 1.807) is 0 Å². The summed E-state index contributed by atoms with van der Waals surface area (Å²) in [6, 6.07) is 0. The highest BCUT2D eigenvalue weighted by molar-refractivity contribution is 7.89. The van der Waals surface area contributed by atoms with Crippen LogP contribution in [0, 0.1) is 0 Å². The van der Waals surface area contributed by atoms with E-state index < -0.39 is 16.0 Å². The van der Waals surface area contributed by atoms with Gasteiger partial charge in [-0.3, -0.25) is 4.79 Å². The van der Waals surface area contributed by atoms with E-state index in [1.165, 1.54) is 14.2 Å². The molecule has 0 spiro atoms. The van der Waals surface area contributed by atoms with Crippen LogP contribution < -0.4 is 5.73 Å². The number of hydrogen-bond acceptors (Lipinski definition) is 5. The third-order valence-electron chi connectivity index (χ3n) is 1.71. The Morgan fingerprint density at radius 2 is 2.07 bits per heavy atom. The van der Waals surface area contributed by atoms with Crippen LogP contribution >= 0.6 is 0 Å². The van der Waals surface area contributed by atoms with Crippen LogP contribution in [0.4, 0.5) is 0 Å². The zero-order valence-electron chi connectivity index (χ0n) is 8.39. The minimum Gasteiger partial charge on any atom is -0.469 e. The Bertz CT molecular complexity index is 275. The molecule has 6 nitrogen and oxygen atoms in total. The first-order valence-corrected chi connectivity index (χ1v) is 5.76. The largest absolute Gasteiger partial charge is 0.469 e. The number of sulfonamides is 1. The van der Waals surface area contributed by atoms with Gasteiger partial charge in [0.1, 0.15) is 0 Å². The van der Waals surface area contributed by atoms with E-state index in [0.29, 0.717) is 0 Å². The summed E-state index contributed by atoms with van der Waals surface area (Å²) < 4.78 is 28.3. The number of likely N-dealkylation sites (N-methyl/N-ethyl adjacent to an activating group) is 1. The van der Waals surface area contributed by atoms with Gasteiger partial charge in [-0.25, -0.2) is 12.7 Å². The van der Waals surface area contributed by atoms with Crippen molar-refractivity contribution in [2.75, 3.05) is 33.0 Å². The lowest BCUT2D eigenvalue weighted by molar-refractivity contribution is -0.140. The van der Waals surface area contributed by atoms with Crippen molar-refractivity contribution in [1.29, 1.82) is 0 Å². The maximum Gasteiger partial charge on any atom is 0.306 e. The molecule has 0 saturated carbocycles. The quantitative estimate of drug-likeness (QED) is 0.570. The van der Waals surface area contributed by atoms with E-state index in [0.717, 1.165) is 4.31 Å². The topological polar surface area (TPSA) is 89.7 Å². The van der Waals surface area contributed by atoms with Gasteiger partial charge in [0, 0.05) is 20.1 Å². The summed E-state index contributed by atoms with van der Waals surface area (Å²) in [6.45, 7) is 0.511. The highest BCUT2D eigenvalue weighted by Crippen LogP contribution is 2.00. The number of carbonyl (C=O) groups excluding carboxylic acids is 1. The molecule has 0 radical (unpaired) electrons. The number of ether oxygens (including phenoxy) is 1. The normalized spacial score (nSPS) is 11.7. The van der Waals surface area contributed by atoms with Crippen LogP contribution in [0.1, 0.15) is 6.42 Å². The van der Waals surface area contributed by atoms with Crippen molar-refractivity contribution >= 4 is 16.0 Å². The molecule has 0 atom stereocenters. The van der Waals surface area contributed by atoms with Crippen LogP contribution in [-0.4, -0.2) is 51.7 Å². The lowest BCUT2D eigenvalue weighted by Crippen LogP contribution is -2.34. The predicted octanol–water partition coefficient (Wildman–Crippen LogP) is -1.23. The second kappa shape index (κ2) is 5.94. The molecule has 0 aliphatic heterocycles. The summed E-state index contributed by atoms with van der Waals surface area (Å²) in [5.74, 6) is -0.773. The van der Waals surface area contributed by atoms with Crippen LogP contribution in [0.15, 0.2) is 0 Å². The van der Waals surface area contributed by atoms with Gasteiger partial charge in [0.25, 0.3) is 0 Å². The molecule has 0 aliphatic carbocycles. The van der Waals surface area contributed by atoms with E-state index in [-0.39, 0.29) is 25.3 Å². The molecule has 84 valence electrons. The fourth-order valence-corrected chi connectivity index (χ4v) is 1.91. The SMILES string of the molecule is COC(=O)CCS(=O)(=O)N(C)CCN. The fourth-order valence-electron chi connectivity index (χ4n) is 0.791. The van der Waals surface area contributed by atoms with Crippen molar-refractivity contribution < 1.29 is 17.9 Å². The zero-order chi connectivity index (χ0) is 11.2. The van der Waals surface area contributed by atoms with Crippen LogP contribution in [0.5, 0.6) is 0 Å². The lowest BCUT2D eigenvalue weighted by Gasteiger charge is -2.15. The highest BCUT2D eigenvalue weighted by Gasteiger charge is 2.18. The molecule has 2 N–H and O–H groups in total. The number of hydrogen-bond donors (Lipinski definition) is 1. The van der Waals surface area contributed by atoms with E-state index in [1.807, 2.05) is 0 Å². The first-order chi connectivity index (χ1) is 6.44. The van der Waals surface area contributed by atoms with Gasteiger partial charge in [-0.05, 0) is 0 Å². The van der Waals surface area contributed by atoms with Gasteiger partial charge in [0.15, 0.2) is 0 Å². The van der Waals surface area contributed by atoms with Crippen LogP contribution in [0.3, 0.4) is 0 Å². The predicted molar refractivity (Wildman–Crippen MR) is 52.1 cm³/mol. The fraction of sp³-hybridized carbons (Fsp3) is 0.857. The second-order valence-corrected chi connectivity index (χ2v) is 4.95. The summed E-state index contributed by atoms with van der Waals surface area (Å²) in [4.78, 5) is 10.7. The summed E-state index contributed by atoms with van der Waals surface area (Å²) in [6.07, 6.45) is -0.131. The molecule has 0 aromatic rings. The number of nitrogens with zero attached hydrogens (tertiary/aromatic N) is 1. The monoisotopic (exact) mass is 224 g/mol. The smallest absolute Gasteiger partial charge is 0.306 e. The zero-order valence-corrected chi connectivity index (χ0v) is 9.21. The number of nitrogens with two attached hydrogens (primary N) is 1. The van der Waals surface area contributed by atoms with Crippen molar-refractivity contribution in [3.8, 4) is 0 Å². The molecule has 0 aromatic heterocycles. The van der Waals surface area contributed by atoms with Crippen LogP contribution in [0.25, 0.3) is 0 Å². The van der Waals surface area contributed by atoms with Crippen molar-refractivity contribution in [3.05, 3.63) is 0 Å². The molecule has 0 aromatic carbocycles. The third kappa shape index (κ3) is 4.54. The van der Waals surface area contributed by atoms with Crippen molar-refractivity contribution in [2.24, 2.45) is 5.73 Å². The average Bonchev–Trinajstić information content (AvgIpc) is 2.14. The Hall–Kier alpha value is -0.660. The molecule has 0 rings (SSSR count). The molecule has 0 saturated heterocycles. The number of methoxy groups -OCH3 is 1. The maximum absolute atomic E-state index is 11.4. The second-order valence-electron chi connectivity index (χ2n) is 2.75. The van der Waals surface area contributed by atoms with Crippen LogP contribution in [0.2, 0.25) is 0 Å². The number of carbonyl (C=O) groups is 1. The van der Waals surface area contributed by atoms with Gasteiger partial charge in [0.05, 0.1) is 19.3 Å². The first kappa shape index (κ1) is 13.3. The van der Waals surface area contributed by atoms with Gasteiger partial charge in [0.2, 0.25) is 10.0 Å². The summed E-state index contributed by atoms with van der Waals surface area (Å²) in [7, 11) is -0.724. The van der Waals surface area contributed by atoms with E-state index in [2.05, 4.69) is 4.74 Å². The summed E-state index contributed by atoms with van der Waals surface area (Å²) in [5, 5.41) is 0. The third-order valence-corrected chi connectivity index (χ3v) is 3.56. The Morgan fingerprint density at radius 1 is 1.50 bits per heavy atom. The van der Waals surface area contributed by atoms with E-state index in [4.69, 9.17) is 5.73 Å². The Morgan fingerprint density at radius 3 is 2.50 bits per heavy atom. The molecule has 0 amide bonds. The number of esters is 1. The first-order valence-electron chi connectivity index (χ1n) is 4.15. The van der Waals surface area contributed by atoms with Crippen molar-refractivity contribution in [1.82, 2.24) is 4.31 Å². The minimum atomic E-state index is -3.38. The van der Waals surface area contributed by atoms with Crippen molar-refractivity contribution in [2.45, 2.75) is 6.42 Å². The molecule has 0 unspecified atom stereocenters. The molecule has 0 heterocycles. The highest BCUT2D eigenvalue weighted by atomic mass is 32.2. The van der Waals surface area contributed by atoms with Gasteiger partial charge >= 0.3 is 5.97 Å². The Labute approximate surface area is 84.1 Å². The average molecular weight is 224 g/mol. The summed E-state index contributed by atoms with van der Waals surface area (Å²) >= 11 is 0. The van der Waals surface area contributed by atoms with Gasteiger partial charge in [-0.2, -0.15) is 0 Å². The van der Waals surface area contributed by atoms with E-state index >= 15 is 0 Å². The van der Waals surface area contributed by atoms with Gasteiger partial charge < -0.3 is 10.5 Å². The molecule has 14 heavy (non-hydrogen) atoms. The molecule has 0 bridgehead atoms. The Kier molecular flexibility index (Phi) is 5.66.